The zero-order valence-electron chi connectivity index (χ0n) is 14.6. The summed E-state index contributed by atoms with van der Waals surface area (Å²) in [5.41, 5.74) is 0.425. The fourth-order valence-electron chi connectivity index (χ4n) is 2.69. The molecule has 0 saturated carbocycles. The van der Waals surface area contributed by atoms with Gasteiger partial charge in [0.25, 0.3) is 0 Å². The molecule has 2 N–H and O–H groups in total. The largest absolute Gasteiger partial charge is 0.416 e. The van der Waals surface area contributed by atoms with Crippen LogP contribution in [0.15, 0.2) is 66.9 Å². The highest BCUT2D eigenvalue weighted by atomic mass is 19.4. The van der Waals surface area contributed by atoms with E-state index >= 15 is 0 Å². The fourth-order valence-corrected chi connectivity index (χ4v) is 2.69. The maximum atomic E-state index is 13.8. The minimum absolute atomic E-state index is 0.0362. The molecular weight excluding hydrogens is 374 g/mol. The molecule has 0 saturated heterocycles. The van der Waals surface area contributed by atoms with Gasteiger partial charge in [0.2, 0.25) is 0 Å². The standard InChI is InChI=1S/C20H17F4N3O/c21-18-9-2-1-5-14(18)13-27-10-4-8-17(27)12-25-19(28)26-16-7-3-6-15(11-16)20(22,23)24/h1-11H,12-13H2,(H2,25,26,28). The summed E-state index contributed by atoms with van der Waals surface area (Å²) < 4.78 is 53.8. The molecule has 0 bridgehead atoms. The molecule has 0 radical (unpaired) electrons. The van der Waals surface area contributed by atoms with E-state index in [1.165, 1.54) is 18.2 Å². The van der Waals surface area contributed by atoms with E-state index in [-0.39, 0.29) is 18.0 Å². The number of anilines is 1. The Morgan fingerprint density at radius 3 is 2.54 bits per heavy atom. The molecule has 2 amide bonds. The van der Waals surface area contributed by atoms with Crippen molar-refractivity contribution in [1.82, 2.24) is 9.88 Å². The third-order valence-electron chi connectivity index (χ3n) is 4.10. The second-order valence-electron chi connectivity index (χ2n) is 6.11. The van der Waals surface area contributed by atoms with Gasteiger partial charge in [-0.15, -0.1) is 0 Å². The number of amides is 2. The van der Waals surface area contributed by atoms with Crippen LogP contribution in [0.25, 0.3) is 0 Å². The lowest BCUT2D eigenvalue weighted by Crippen LogP contribution is -2.29. The molecule has 8 heteroatoms. The van der Waals surface area contributed by atoms with Crippen LogP contribution in [0.1, 0.15) is 16.8 Å². The highest BCUT2D eigenvalue weighted by Gasteiger charge is 2.30. The molecule has 0 fully saturated rings. The second-order valence-corrected chi connectivity index (χ2v) is 6.11. The van der Waals surface area contributed by atoms with Gasteiger partial charge >= 0.3 is 12.2 Å². The average Bonchev–Trinajstić information content (AvgIpc) is 3.08. The number of alkyl halides is 3. The zero-order valence-corrected chi connectivity index (χ0v) is 14.6. The molecule has 0 spiro atoms. The molecule has 0 aliphatic heterocycles. The maximum absolute atomic E-state index is 13.8. The third-order valence-corrected chi connectivity index (χ3v) is 4.10. The fraction of sp³-hybridized carbons (Fsp3) is 0.150. The maximum Gasteiger partial charge on any atom is 0.416 e. The van der Waals surface area contributed by atoms with E-state index in [0.29, 0.717) is 12.1 Å². The minimum Gasteiger partial charge on any atom is -0.345 e. The molecule has 0 atom stereocenters. The van der Waals surface area contributed by atoms with Gasteiger partial charge < -0.3 is 15.2 Å². The van der Waals surface area contributed by atoms with Gasteiger partial charge in [-0.3, -0.25) is 0 Å². The molecule has 4 nitrogen and oxygen atoms in total. The molecular formula is C20H17F4N3O. The number of nitrogens with one attached hydrogen (secondary N) is 2. The summed E-state index contributed by atoms with van der Waals surface area (Å²) in [6, 6.07) is 13.7. The Morgan fingerprint density at radius 1 is 1.00 bits per heavy atom. The molecule has 0 aliphatic rings. The van der Waals surface area contributed by atoms with E-state index in [4.69, 9.17) is 0 Å². The van der Waals surface area contributed by atoms with Crippen molar-refractivity contribution < 1.29 is 22.4 Å². The molecule has 1 aromatic heterocycles. The first-order chi connectivity index (χ1) is 13.3. The summed E-state index contributed by atoms with van der Waals surface area (Å²) in [5, 5.41) is 4.96. The Bertz CT molecular complexity index is 966. The smallest absolute Gasteiger partial charge is 0.345 e. The number of carbonyl (C=O) groups is 1. The van der Waals surface area contributed by atoms with Crippen LogP contribution >= 0.6 is 0 Å². The number of rotatable bonds is 5. The van der Waals surface area contributed by atoms with Crippen LogP contribution in [0, 0.1) is 5.82 Å². The zero-order chi connectivity index (χ0) is 20.1. The Balaban J connectivity index is 1.60. The number of aromatic nitrogens is 1. The van der Waals surface area contributed by atoms with Crippen molar-refractivity contribution >= 4 is 11.7 Å². The predicted octanol–water partition coefficient (Wildman–Crippen LogP) is 5.02. The summed E-state index contributed by atoms with van der Waals surface area (Å²) >= 11 is 0. The van der Waals surface area contributed by atoms with Gasteiger partial charge in [0.1, 0.15) is 5.82 Å². The highest BCUT2D eigenvalue weighted by Crippen LogP contribution is 2.30. The molecule has 3 aromatic rings. The van der Waals surface area contributed by atoms with Crippen molar-refractivity contribution in [3.8, 4) is 0 Å². The summed E-state index contributed by atoms with van der Waals surface area (Å²) in [7, 11) is 0. The number of carbonyl (C=O) groups excluding carboxylic acids is 1. The van der Waals surface area contributed by atoms with Gasteiger partial charge in [0, 0.05) is 23.1 Å². The van der Waals surface area contributed by atoms with Crippen LogP contribution in [-0.2, 0) is 19.3 Å². The topological polar surface area (TPSA) is 46.1 Å². The van der Waals surface area contributed by atoms with Crippen LogP contribution in [-0.4, -0.2) is 10.6 Å². The van der Waals surface area contributed by atoms with Gasteiger partial charge in [-0.2, -0.15) is 13.2 Å². The molecule has 0 unspecified atom stereocenters. The Kier molecular flexibility index (Phi) is 5.67. The summed E-state index contributed by atoms with van der Waals surface area (Å²) in [5.74, 6) is -0.322. The van der Waals surface area contributed by atoms with Crippen LogP contribution in [0.5, 0.6) is 0 Å². The molecule has 1 heterocycles. The number of urea groups is 1. The molecule has 28 heavy (non-hydrogen) atoms. The average molecular weight is 391 g/mol. The van der Waals surface area contributed by atoms with E-state index in [9.17, 15) is 22.4 Å². The van der Waals surface area contributed by atoms with E-state index < -0.39 is 17.8 Å². The lowest BCUT2D eigenvalue weighted by atomic mass is 10.2. The van der Waals surface area contributed by atoms with Gasteiger partial charge in [0.05, 0.1) is 18.7 Å². The SMILES string of the molecule is O=C(NCc1cccn1Cc1ccccc1F)Nc1cccc(C(F)(F)F)c1. The third kappa shape index (κ3) is 4.91. The number of hydrogen-bond acceptors (Lipinski definition) is 1. The first-order valence-electron chi connectivity index (χ1n) is 8.42. The monoisotopic (exact) mass is 391 g/mol. The van der Waals surface area contributed by atoms with E-state index in [0.717, 1.165) is 17.8 Å². The highest BCUT2D eigenvalue weighted by molar-refractivity contribution is 5.89. The Labute approximate surface area is 158 Å². The summed E-state index contributed by atoms with van der Waals surface area (Å²) in [4.78, 5) is 12.0. The van der Waals surface area contributed by atoms with Gasteiger partial charge in [-0.25, -0.2) is 9.18 Å². The van der Waals surface area contributed by atoms with Gasteiger partial charge in [-0.05, 0) is 36.4 Å². The first kappa shape index (κ1) is 19.5. The summed E-state index contributed by atoms with van der Waals surface area (Å²) in [6.45, 7) is 0.429. The number of hydrogen-bond donors (Lipinski definition) is 2. The first-order valence-corrected chi connectivity index (χ1v) is 8.42. The van der Waals surface area contributed by atoms with Crippen LogP contribution < -0.4 is 10.6 Å². The van der Waals surface area contributed by atoms with Crippen LogP contribution in [0.4, 0.5) is 28.0 Å². The molecule has 3 rings (SSSR count). The predicted molar refractivity (Wildman–Crippen MR) is 97.2 cm³/mol. The summed E-state index contributed by atoms with van der Waals surface area (Å²) in [6.07, 6.45) is -2.73. The minimum atomic E-state index is -4.48. The van der Waals surface area contributed by atoms with Crippen LogP contribution in [0.3, 0.4) is 0 Å². The van der Waals surface area contributed by atoms with E-state index in [1.54, 1.807) is 41.1 Å². The molecule has 146 valence electrons. The van der Waals surface area contributed by atoms with Crippen molar-refractivity contribution in [2.45, 2.75) is 19.3 Å². The lowest BCUT2D eigenvalue weighted by molar-refractivity contribution is -0.137. The number of halogens is 4. The van der Waals surface area contributed by atoms with Gasteiger partial charge in [0.15, 0.2) is 0 Å². The Hall–Kier alpha value is -3.29. The van der Waals surface area contributed by atoms with Crippen molar-refractivity contribution in [1.29, 1.82) is 0 Å². The van der Waals surface area contributed by atoms with E-state index in [1.807, 2.05) is 0 Å². The van der Waals surface area contributed by atoms with E-state index in [2.05, 4.69) is 10.6 Å². The number of benzene rings is 2. The normalized spacial score (nSPS) is 11.3. The van der Waals surface area contributed by atoms with Crippen molar-refractivity contribution in [2.24, 2.45) is 0 Å². The van der Waals surface area contributed by atoms with Crippen LogP contribution in [0.2, 0.25) is 0 Å². The van der Waals surface area contributed by atoms with Crippen molar-refractivity contribution in [3.63, 3.8) is 0 Å². The van der Waals surface area contributed by atoms with Gasteiger partial charge in [-0.1, -0.05) is 24.3 Å². The Morgan fingerprint density at radius 2 is 1.79 bits per heavy atom. The second kappa shape index (κ2) is 8.16. The molecule has 2 aromatic carbocycles. The molecule has 0 aliphatic carbocycles. The lowest BCUT2D eigenvalue weighted by Gasteiger charge is -2.13. The van der Waals surface area contributed by atoms with Crippen molar-refractivity contribution in [2.75, 3.05) is 5.32 Å². The number of nitrogens with zero attached hydrogens (tertiary/aromatic N) is 1. The van der Waals surface area contributed by atoms with Crippen molar-refractivity contribution in [3.05, 3.63) is 89.5 Å². The quantitative estimate of drug-likeness (QED) is 0.590.